The Labute approximate surface area is 107 Å². The third kappa shape index (κ3) is 2.94. The molecule has 2 rings (SSSR count). The van der Waals surface area contributed by atoms with Crippen molar-refractivity contribution in [3.63, 3.8) is 0 Å². The monoisotopic (exact) mass is 249 g/mol. The largest absolute Gasteiger partial charge is 0.508 e. The van der Waals surface area contributed by atoms with Gasteiger partial charge >= 0.3 is 6.09 Å². The Bertz CT molecular complexity index is 431. The van der Waals surface area contributed by atoms with Crippen LogP contribution in [-0.4, -0.2) is 22.6 Å². The minimum Gasteiger partial charge on any atom is -0.508 e. The Hall–Kier alpha value is -1.71. The Balaban J connectivity index is 1.95. The molecule has 0 aliphatic carbocycles. The molecule has 1 N–H and O–H groups in total. The number of unbranched alkanes of at least 4 members (excludes halogenated alkanes) is 3. The summed E-state index contributed by atoms with van der Waals surface area (Å²) < 4.78 is 5.21. The third-order valence-electron chi connectivity index (χ3n) is 3.15. The van der Waals surface area contributed by atoms with Crippen LogP contribution in [0.1, 0.15) is 38.2 Å². The Kier molecular flexibility index (Phi) is 4.07. The lowest BCUT2D eigenvalue weighted by Crippen LogP contribution is -2.37. The fourth-order valence-corrected chi connectivity index (χ4v) is 2.10. The first kappa shape index (κ1) is 12.7. The minimum absolute atomic E-state index is 0.123. The molecular weight excluding hydrogens is 230 g/mol. The fraction of sp³-hybridized carbons (Fsp3) is 0.500. The van der Waals surface area contributed by atoms with Crippen molar-refractivity contribution in [2.24, 2.45) is 0 Å². The summed E-state index contributed by atoms with van der Waals surface area (Å²) in [6.45, 7) is 3.47. The molecule has 1 heterocycles. The summed E-state index contributed by atoms with van der Waals surface area (Å²) in [7, 11) is 0. The number of hydrogen-bond acceptors (Lipinski definition) is 3. The number of benzene rings is 1. The van der Waals surface area contributed by atoms with E-state index in [1.807, 2.05) is 0 Å². The molecule has 0 unspecified atom stereocenters. The predicted molar refractivity (Wildman–Crippen MR) is 68.7 cm³/mol. The zero-order valence-corrected chi connectivity index (χ0v) is 10.7. The number of fused-ring (bicyclic) bond motifs is 1. The van der Waals surface area contributed by atoms with Crippen LogP contribution in [0.15, 0.2) is 18.2 Å². The summed E-state index contributed by atoms with van der Waals surface area (Å²) in [6.07, 6.45) is 4.23. The standard InChI is InChI=1S/C14H19NO3/c1-2-3-4-5-8-15-10-11-6-7-12(16)9-13(11)18-14(15)17/h6-7,9,16H,2-5,8,10H2,1H3. The van der Waals surface area contributed by atoms with Crippen molar-refractivity contribution < 1.29 is 14.6 Å². The van der Waals surface area contributed by atoms with Crippen LogP contribution in [0.5, 0.6) is 11.5 Å². The van der Waals surface area contributed by atoms with E-state index in [4.69, 9.17) is 4.74 Å². The number of carbonyl (C=O) groups excluding carboxylic acids is 1. The molecule has 0 bridgehead atoms. The minimum atomic E-state index is -0.315. The van der Waals surface area contributed by atoms with E-state index in [9.17, 15) is 9.90 Å². The average Bonchev–Trinajstić information content (AvgIpc) is 2.35. The summed E-state index contributed by atoms with van der Waals surface area (Å²) in [5, 5.41) is 9.34. The number of amides is 1. The summed E-state index contributed by atoms with van der Waals surface area (Å²) in [5.41, 5.74) is 0.947. The fourth-order valence-electron chi connectivity index (χ4n) is 2.10. The van der Waals surface area contributed by atoms with Crippen LogP contribution in [0.25, 0.3) is 0 Å². The van der Waals surface area contributed by atoms with E-state index in [1.165, 1.54) is 18.9 Å². The highest BCUT2D eigenvalue weighted by atomic mass is 16.6. The molecule has 98 valence electrons. The van der Waals surface area contributed by atoms with Gasteiger partial charge in [0.25, 0.3) is 0 Å². The summed E-state index contributed by atoms with van der Waals surface area (Å²) in [6, 6.07) is 4.91. The number of nitrogens with zero attached hydrogens (tertiary/aromatic N) is 1. The van der Waals surface area contributed by atoms with Crippen molar-refractivity contribution in [2.45, 2.75) is 39.2 Å². The van der Waals surface area contributed by atoms with E-state index >= 15 is 0 Å². The summed E-state index contributed by atoms with van der Waals surface area (Å²) in [5.74, 6) is 0.600. The van der Waals surface area contributed by atoms with Gasteiger partial charge < -0.3 is 14.7 Å². The molecule has 1 aromatic carbocycles. The Morgan fingerprint density at radius 1 is 1.33 bits per heavy atom. The van der Waals surface area contributed by atoms with Gasteiger partial charge in [0.2, 0.25) is 0 Å². The average molecular weight is 249 g/mol. The normalized spacial score (nSPS) is 14.3. The van der Waals surface area contributed by atoms with Crippen molar-refractivity contribution in [3.05, 3.63) is 23.8 Å². The Morgan fingerprint density at radius 3 is 2.94 bits per heavy atom. The number of ether oxygens (including phenoxy) is 1. The highest BCUT2D eigenvalue weighted by Gasteiger charge is 2.24. The topological polar surface area (TPSA) is 49.8 Å². The zero-order chi connectivity index (χ0) is 13.0. The van der Waals surface area contributed by atoms with Crippen molar-refractivity contribution in [1.82, 2.24) is 4.90 Å². The summed E-state index contributed by atoms with van der Waals surface area (Å²) in [4.78, 5) is 13.5. The van der Waals surface area contributed by atoms with E-state index in [0.717, 1.165) is 24.9 Å². The SMILES string of the molecule is CCCCCCN1Cc2ccc(O)cc2OC1=O. The van der Waals surface area contributed by atoms with Gasteiger partial charge in [-0.15, -0.1) is 0 Å². The molecular formula is C14H19NO3. The first-order valence-corrected chi connectivity index (χ1v) is 6.49. The van der Waals surface area contributed by atoms with Crippen molar-refractivity contribution in [1.29, 1.82) is 0 Å². The quantitative estimate of drug-likeness (QED) is 0.815. The van der Waals surface area contributed by atoms with Gasteiger partial charge in [-0.2, -0.15) is 0 Å². The van der Waals surface area contributed by atoms with E-state index < -0.39 is 0 Å². The van der Waals surface area contributed by atoms with Crippen LogP contribution in [0.4, 0.5) is 4.79 Å². The smallest absolute Gasteiger partial charge is 0.415 e. The van der Waals surface area contributed by atoms with Gasteiger partial charge in [0.15, 0.2) is 0 Å². The molecule has 0 atom stereocenters. The molecule has 0 aromatic heterocycles. The molecule has 1 aliphatic rings. The van der Waals surface area contributed by atoms with E-state index in [-0.39, 0.29) is 11.8 Å². The first-order chi connectivity index (χ1) is 8.70. The molecule has 4 nitrogen and oxygen atoms in total. The maximum atomic E-state index is 11.8. The van der Waals surface area contributed by atoms with E-state index in [1.54, 1.807) is 17.0 Å². The van der Waals surface area contributed by atoms with Gasteiger partial charge in [0, 0.05) is 18.2 Å². The van der Waals surface area contributed by atoms with Crippen LogP contribution in [0.2, 0.25) is 0 Å². The third-order valence-corrected chi connectivity index (χ3v) is 3.15. The van der Waals surface area contributed by atoms with Gasteiger partial charge in [-0.1, -0.05) is 26.2 Å². The summed E-state index contributed by atoms with van der Waals surface area (Å²) >= 11 is 0. The molecule has 0 saturated heterocycles. The molecule has 1 aliphatic heterocycles. The molecule has 4 heteroatoms. The van der Waals surface area contributed by atoms with Crippen LogP contribution in [0, 0.1) is 0 Å². The first-order valence-electron chi connectivity index (χ1n) is 6.49. The zero-order valence-electron chi connectivity index (χ0n) is 10.7. The lowest BCUT2D eigenvalue weighted by atomic mass is 10.1. The molecule has 1 amide bonds. The van der Waals surface area contributed by atoms with Crippen LogP contribution >= 0.6 is 0 Å². The van der Waals surface area contributed by atoms with Crippen LogP contribution in [0.3, 0.4) is 0 Å². The molecule has 1 aromatic rings. The predicted octanol–water partition coefficient (Wildman–Crippen LogP) is 3.29. The van der Waals surface area contributed by atoms with E-state index in [2.05, 4.69) is 6.92 Å². The molecule has 0 saturated carbocycles. The van der Waals surface area contributed by atoms with Gasteiger partial charge in [-0.05, 0) is 18.6 Å². The van der Waals surface area contributed by atoms with Crippen LogP contribution in [-0.2, 0) is 6.54 Å². The van der Waals surface area contributed by atoms with Crippen molar-refractivity contribution >= 4 is 6.09 Å². The highest BCUT2D eigenvalue weighted by molar-refractivity contribution is 5.73. The number of phenolic OH excluding ortho intramolecular Hbond substituents is 1. The van der Waals surface area contributed by atoms with Crippen LogP contribution < -0.4 is 4.74 Å². The Morgan fingerprint density at radius 2 is 2.17 bits per heavy atom. The molecule has 0 radical (unpaired) electrons. The van der Waals surface area contributed by atoms with Gasteiger partial charge in [0.1, 0.15) is 11.5 Å². The van der Waals surface area contributed by atoms with E-state index in [0.29, 0.717) is 12.3 Å². The van der Waals surface area contributed by atoms with Crippen molar-refractivity contribution in [3.8, 4) is 11.5 Å². The highest BCUT2D eigenvalue weighted by Crippen LogP contribution is 2.29. The lowest BCUT2D eigenvalue weighted by Gasteiger charge is -2.28. The molecule has 0 fully saturated rings. The number of hydrogen-bond donors (Lipinski definition) is 1. The second kappa shape index (κ2) is 5.76. The second-order valence-electron chi connectivity index (χ2n) is 4.64. The second-order valence-corrected chi connectivity index (χ2v) is 4.64. The number of rotatable bonds is 5. The van der Waals surface area contributed by atoms with Gasteiger partial charge in [-0.3, -0.25) is 0 Å². The molecule has 0 spiro atoms. The maximum absolute atomic E-state index is 11.8. The number of carbonyl (C=O) groups is 1. The van der Waals surface area contributed by atoms with Crippen molar-refractivity contribution in [2.75, 3.05) is 6.54 Å². The molecule has 18 heavy (non-hydrogen) atoms. The van der Waals surface area contributed by atoms with Gasteiger partial charge in [0.05, 0.1) is 6.54 Å². The number of aromatic hydroxyl groups is 1. The lowest BCUT2D eigenvalue weighted by molar-refractivity contribution is 0.137. The van der Waals surface area contributed by atoms with Gasteiger partial charge in [-0.25, -0.2) is 4.79 Å². The maximum Gasteiger partial charge on any atom is 0.415 e. The number of phenols is 1.